The van der Waals surface area contributed by atoms with Crippen LogP contribution in [0.4, 0.5) is 4.39 Å². The lowest BCUT2D eigenvalue weighted by atomic mass is 10.1. The zero-order valence-corrected chi connectivity index (χ0v) is 14.9. The summed E-state index contributed by atoms with van der Waals surface area (Å²) in [5.74, 6) is -0.152. The molecule has 0 saturated heterocycles. The van der Waals surface area contributed by atoms with Gasteiger partial charge in [0.25, 0.3) is 0 Å². The molecule has 0 aliphatic rings. The van der Waals surface area contributed by atoms with Gasteiger partial charge in [0.15, 0.2) is 0 Å². The highest BCUT2D eigenvalue weighted by Gasteiger charge is 2.09. The normalized spacial score (nSPS) is 11.7. The highest BCUT2D eigenvalue weighted by atomic mass is 19.1. The molecule has 0 radical (unpaired) electrons. The van der Waals surface area contributed by atoms with Gasteiger partial charge in [-0.15, -0.1) is 0 Å². The average molecular weight is 318 g/mol. The van der Waals surface area contributed by atoms with Gasteiger partial charge in [-0.25, -0.2) is 4.39 Å². The third-order valence-electron chi connectivity index (χ3n) is 4.38. The van der Waals surface area contributed by atoms with Crippen molar-refractivity contribution >= 4 is 10.9 Å². The summed E-state index contributed by atoms with van der Waals surface area (Å²) in [6.45, 7) is 8.33. The van der Waals surface area contributed by atoms with Crippen LogP contribution in [0.15, 0.2) is 24.4 Å². The van der Waals surface area contributed by atoms with Gasteiger partial charge in [-0.1, -0.05) is 52.9 Å². The molecule has 0 saturated carbocycles. The van der Waals surface area contributed by atoms with Crippen LogP contribution in [0.2, 0.25) is 0 Å². The number of fused-ring (bicyclic) bond motifs is 1. The van der Waals surface area contributed by atoms with Crippen LogP contribution in [-0.4, -0.2) is 10.6 Å². The molecule has 1 N–H and O–H groups in total. The summed E-state index contributed by atoms with van der Waals surface area (Å²) in [5, 5.41) is 4.49. The summed E-state index contributed by atoms with van der Waals surface area (Å²) in [6.07, 6.45) is 9.98. The number of unbranched alkanes of at least 4 members (excludes halogenated alkanes) is 5. The Labute approximate surface area is 140 Å². The van der Waals surface area contributed by atoms with E-state index in [-0.39, 0.29) is 5.82 Å². The van der Waals surface area contributed by atoms with E-state index in [0.29, 0.717) is 6.04 Å². The van der Waals surface area contributed by atoms with Crippen LogP contribution >= 0.6 is 0 Å². The average Bonchev–Trinajstić information content (AvgIpc) is 2.86. The molecule has 1 heterocycles. The summed E-state index contributed by atoms with van der Waals surface area (Å²) in [4.78, 5) is 0. The number of benzene rings is 1. The number of halogens is 1. The van der Waals surface area contributed by atoms with Crippen molar-refractivity contribution in [3.8, 4) is 0 Å². The number of nitrogens with zero attached hydrogens (tertiary/aromatic N) is 1. The van der Waals surface area contributed by atoms with Crippen LogP contribution in [0.25, 0.3) is 10.9 Å². The quantitative estimate of drug-likeness (QED) is 0.561. The Balaban J connectivity index is 2.04. The predicted octanol–water partition coefficient (Wildman–Crippen LogP) is 5.64. The molecule has 0 amide bonds. The third kappa shape index (κ3) is 5.35. The number of aromatic nitrogens is 1. The van der Waals surface area contributed by atoms with Gasteiger partial charge in [-0.05, 0) is 30.2 Å². The third-order valence-corrected chi connectivity index (χ3v) is 4.38. The molecule has 0 bridgehead atoms. The Morgan fingerprint density at radius 1 is 1.09 bits per heavy atom. The monoisotopic (exact) mass is 318 g/mol. The van der Waals surface area contributed by atoms with Crippen LogP contribution in [0.3, 0.4) is 0 Å². The topological polar surface area (TPSA) is 17.0 Å². The summed E-state index contributed by atoms with van der Waals surface area (Å²) in [7, 11) is 0. The molecule has 0 atom stereocenters. The first-order valence-corrected chi connectivity index (χ1v) is 9.12. The molecule has 2 aromatic rings. The minimum absolute atomic E-state index is 0.152. The van der Waals surface area contributed by atoms with Crippen molar-refractivity contribution in [2.45, 2.75) is 78.4 Å². The zero-order chi connectivity index (χ0) is 16.7. The van der Waals surface area contributed by atoms with Gasteiger partial charge in [-0.2, -0.15) is 0 Å². The summed E-state index contributed by atoms with van der Waals surface area (Å²) in [6, 6.07) is 5.59. The van der Waals surface area contributed by atoms with E-state index in [1.807, 2.05) is 6.07 Å². The van der Waals surface area contributed by atoms with Crippen molar-refractivity contribution < 1.29 is 4.39 Å². The fraction of sp³-hybridized carbons (Fsp3) is 0.600. The first-order valence-electron chi connectivity index (χ1n) is 9.12. The van der Waals surface area contributed by atoms with Gasteiger partial charge >= 0.3 is 0 Å². The van der Waals surface area contributed by atoms with Crippen LogP contribution < -0.4 is 5.32 Å². The molecule has 0 aliphatic heterocycles. The van der Waals surface area contributed by atoms with Crippen LogP contribution in [0.1, 0.15) is 64.9 Å². The van der Waals surface area contributed by atoms with Gasteiger partial charge in [0.2, 0.25) is 0 Å². The maximum Gasteiger partial charge on any atom is 0.123 e. The molecule has 23 heavy (non-hydrogen) atoms. The second-order valence-electron chi connectivity index (χ2n) is 6.81. The van der Waals surface area contributed by atoms with Crippen molar-refractivity contribution in [1.29, 1.82) is 0 Å². The predicted molar refractivity (Wildman–Crippen MR) is 97.2 cm³/mol. The minimum Gasteiger partial charge on any atom is -0.347 e. The number of hydrogen-bond donors (Lipinski definition) is 1. The maximum atomic E-state index is 13.6. The molecular formula is C20H31FN2. The van der Waals surface area contributed by atoms with Crippen molar-refractivity contribution in [3.63, 3.8) is 0 Å². The molecular weight excluding hydrogens is 287 g/mol. The van der Waals surface area contributed by atoms with E-state index in [2.05, 4.69) is 36.9 Å². The zero-order valence-electron chi connectivity index (χ0n) is 14.9. The standard InChI is InChI=1S/C20H31FN2/c1-4-5-6-7-8-9-12-23-15-17(14-22-16(2)3)19-13-18(21)10-11-20(19)23/h10-11,13,15-16,22H,4-9,12,14H2,1-3H3. The van der Waals surface area contributed by atoms with Crippen LogP contribution in [-0.2, 0) is 13.1 Å². The van der Waals surface area contributed by atoms with E-state index >= 15 is 0 Å². The van der Waals surface area contributed by atoms with Gasteiger partial charge < -0.3 is 9.88 Å². The first kappa shape index (κ1) is 18.0. The van der Waals surface area contributed by atoms with E-state index in [9.17, 15) is 4.39 Å². The molecule has 0 aliphatic carbocycles. The van der Waals surface area contributed by atoms with Gasteiger partial charge in [0.05, 0.1) is 0 Å². The molecule has 0 unspecified atom stereocenters. The Morgan fingerprint density at radius 3 is 2.57 bits per heavy atom. The largest absolute Gasteiger partial charge is 0.347 e. The van der Waals surface area contributed by atoms with Crippen molar-refractivity contribution in [2.24, 2.45) is 0 Å². The maximum absolute atomic E-state index is 13.6. The molecule has 1 aromatic heterocycles. The van der Waals surface area contributed by atoms with E-state index in [1.165, 1.54) is 44.1 Å². The van der Waals surface area contributed by atoms with Crippen molar-refractivity contribution in [2.75, 3.05) is 0 Å². The van der Waals surface area contributed by atoms with E-state index in [0.717, 1.165) is 24.0 Å². The Morgan fingerprint density at radius 2 is 1.83 bits per heavy atom. The second kappa shape index (κ2) is 9.07. The van der Waals surface area contributed by atoms with E-state index < -0.39 is 0 Å². The molecule has 128 valence electrons. The Kier molecular flexibility index (Phi) is 7.10. The number of aryl methyl sites for hydroxylation is 1. The second-order valence-corrected chi connectivity index (χ2v) is 6.81. The number of hydrogen-bond acceptors (Lipinski definition) is 1. The minimum atomic E-state index is -0.152. The smallest absolute Gasteiger partial charge is 0.123 e. The molecule has 1 aromatic carbocycles. The van der Waals surface area contributed by atoms with Gasteiger partial charge in [-0.3, -0.25) is 0 Å². The van der Waals surface area contributed by atoms with Crippen LogP contribution in [0.5, 0.6) is 0 Å². The number of rotatable bonds is 10. The van der Waals surface area contributed by atoms with Gasteiger partial charge in [0.1, 0.15) is 5.82 Å². The van der Waals surface area contributed by atoms with Gasteiger partial charge in [0, 0.05) is 36.2 Å². The fourth-order valence-corrected chi connectivity index (χ4v) is 3.05. The summed E-state index contributed by atoms with van der Waals surface area (Å²) >= 11 is 0. The Hall–Kier alpha value is -1.35. The van der Waals surface area contributed by atoms with Crippen molar-refractivity contribution in [3.05, 3.63) is 35.8 Å². The summed E-state index contributed by atoms with van der Waals surface area (Å²) < 4.78 is 15.9. The first-order chi connectivity index (χ1) is 11.1. The summed E-state index contributed by atoms with van der Waals surface area (Å²) in [5.41, 5.74) is 2.35. The molecule has 2 nitrogen and oxygen atoms in total. The molecule has 2 rings (SSSR count). The highest BCUT2D eigenvalue weighted by Crippen LogP contribution is 2.23. The van der Waals surface area contributed by atoms with Crippen molar-refractivity contribution in [1.82, 2.24) is 9.88 Å². The van der Waals surface area contributed by atoms with E-state index in [1.54, 1.807) is 12.1 Å². The molecule has 0 spiro atoms. The lowest BCUT2D eigenvalue weighted by molar-refractivity contribution is 0.562. The molecule has 3 heteroatoms. The molecule has 0 fully saturated rings. The number of nitrogens with one attached hydrogen (secondary N) is 1. The highest BCUT2D eigenvalue weighted by molar-refractivity contribution is 5.84. The lowest BCUT2D eigenvalue weighted by Crippen LogP contribution is -2.21. The fourth-order valence-electron chi connectivity index (χ4n) is 3.05. The van der Waals surface area contributed by atoms with Crippen LogP contribution in [0, 0.1) is 5.82 Å². The van der Waals surface area contributed by atoms with E-state index in [4.69, 9.17) is 0 Å². The Bertz CT molecular complexity index is 601. The lowest BCUT2D eigenvalue weighted by Gasteiger charge is -2.06. The SMILES string of the molecule is CCCCCCCCn1cc(CNC(C)C)c2cc(F)ccc21.